The molecule has 1 aromatic rings. The number of benzene rings is 1. The van der Waals surface area contributed by atoms with E-state index < -0.39 is 10.0 Å². The molecule has 0 amide bonds. The van der Waals surface area contributed by atoms with E-state index in [1.54, 1.807) is 44.3 Å². The van der Waals surface area contributed by atoms with Crippen LogP contribution in [0.3, 0.4) is 0 Å². The second-order valence-electron chi connectivity index (χ2n) is 4.19. The maximum atomic E-state index is 11.7. The monoisotopic (exact) mass is 270 g/mol. The average molecular weight is 270 g/mol. The van der Waals surface area contributed by atoms with Gasteiger partial charge in [-0.05, 0) is 25.0 Å². The predicted octanol–water partition coefficient (Wildman–Crippen LogP) is 1.49. The van der Waals surface area contributed by atoms with Crippen LogP contribution in [0.4, 0.5) is 0 Å². The number of hydrogen-bond acceptors (Lipinski definition) is 4. The van der Waals surface area contributed by atoms with Gasteiger partial charge in [0.15, 0.2) is 0 Å². The van der Waals surface area contributed by atoms with Crippen molar-refractivity contribution < 1.29 is 13.3 Å². The molecule has 100 valence electrons. The summed E-state index contributed by atoms with van der Waals surface area (Å²) >= 11 is 0. The van der Waals surface area contributed by atoms with Gasteiger partial charge >= 0.3 is 0 Å². The Morgan fingerprint density at radius 2 is 1.94 bits per heavy atom. The standard InChI is InChI=1S/C12H18N2O3S/c1-10(2)14-18(15,16)9-12-6-4-11(5-7-12)8-13-17-3/h4-8,10,14H,9H2,1-3H3. The zero-order chi connectivity index (χ0) is 13.6. The largest absolute Gasteiger partial charge is 0.399 e. The highest BCUT2D eigenvalue weighted by atomic mass is 32.2. The number of oxime groups is 1. The van der Waals surface area contributed by atoms with Crippen molar-refractivity contribution >= 4 is 16.2 Å². The summed E-state index contributed by atoms with van der Waals surface area (Å²) in [7, 11) is -1.80. The lowest BCUT2D eigenvalue weighted by molar-refractivity contribution is 0.215. The van der Waals surface area contributed by atoms with Gasteiger partial charge in [0.05, 0.1) is 12.0 Å². The van der Waals surface area contributed by atoms with Gasteiger partial charge in [0, 0.05) is 6.04 Å². The van der Waals surface area contributed by atoms with Crippen LogP contribution in [0.2, 0.25) is 0 Å². The molecule has 0 atom stereocenters. The Hall–Kier alpha value is -1.40. The number of nitrogens with one attached hydrogen (secondary N) is 1. The van der Waals surface area contributed by atoms with Crippen molar-refractivity contribution in [3.8, 4) is 0 Å². The van der Waals surface area contributed by atoms with E-state index in [1.165, 1.54) is 7.11 Å². The molecule has 5 nitrogen and oxygen atoms in total. The molecule has 0 radical (unpaired) electrons. The second kappa shape index (κ2) is 6.51. The fourth-order valence-electron chi connectivity index (χ4n) is 1.43. The fourth-order valence-corrected chi connectivity index (χ4v) is 2.87. The Morgan fingerprint density at radius 3 is 2.44 bits per heavy atom. The summed E-state index contributed by atoms with van der Waals surface area (Å²) in [5, 5.41) is 3.63. The molecule has 0 heterocycles. The summed E-state index contributed by atoms with van der Waals surface area (Å²) in [6.45, 7) is 3.59. The van der Waals surface area contributed by atoms with Crippen molar-refractivity contribution in [3.63, 3.8) is 0 Å². The molecular formula is C12H18N2O3S. The molecule has 1 aromatic carbocycles. The third-order valence-corrected chi connectivity index (χ3v) is 3.60. The lowest BCUT2D eigenvalue weighted by Gasteiger charge is -2.09. The molecule has 0 saturated heterocycles. The lowest BCUT2D eigenvalue weighted by Crippen LogP contribution is -2.31. The minimum absolute atomic E-state index is 0.0210. The summed E-state index contributed by atoms with van der Waals surface area (Å²) in [6, 6.07) is 7.02. The molecular weight excluding hydrogens is 252 g/mol. The molecule has 0 aliphatic carbocycles. The van der Waals surface area contributed by atoms with Gasteiger partial charge in [-0.25, -0.2) is 13.1 Å². The van der Waals surface area contributed by atoms with Crippen LogP contribution in [0.5, 0.6) is 0 Å². The van der Waals surface area contributed by atoms with Crippen molar-refractivity contribution in [3.05, 3.63) is 35.4 Å². The van der Waals surface area contributed by atoms with E-state index in [1.807, 2.05) is 0 Å². The average Bonchev–Trinajstić information content (AvgIpc) is 2.26. The second-order valence-corrected chi connectivity index (χ2v) is 5.94. The highest BCUT2D eigenvalue weighted by molar-refractivity contribution is 7.88. The van der Waals surface area contributed by atoms with Crippen LogP contribution in [0.25, 0.3) is 0 Å². The van der Waals surface area contributed by atoms with Crippen LogP contribution in [0.15, 0.2) is 29.4 Å². The smallest absolute Gasteiger partial charge is 0.216 e. The third-order valence-electron chi connectivity index (χ3n) is 2.06. The number of hydrogen-bond donors (Lipinski definition) is 1. The van der Waals surface area contributed by atoms with E-state index in [4.69, 9.17) is 0 Å². The van der Waals surface area contributed by atoms with Crippen LogP contribution >= 0.6 is 0 Å². The summed E-state index contributed by atoms with van der Waals surface area (Å²) in [6.07, 6.45) is 1.56. The Balaban J connectivity index is 2.72. The first-order chi connectivity index (χ1) is 8.43. The maximum absolute atomic E-state index is 11.7. The molecule has 18 heavy (non-hydrogen) atoms. The lowest BCUT2D eigenvalue weighted by atomic mass is 10.2. The quantitative estimate of drug-likeness (QED) is 0.629. The van der Waals surface area contributed by atoms with Crippen molar-refractivity contribution in [2.24, 2.45) is 5.16 Å². The van der Waals surface area contributed by atoms with Crippen LogP contribution in [-0.2, 0) is 20.6 Å². The zero-order valence-corrected chi connectivity index (χ0v) is 11.6. The minimum atomic E-state index is -3.27. The van der Waals surface area contributed by atoms with Gasteiger partial charge in [0.25, 0.3) is 0 Å². The van der Waals surface area contributed by atoms with Crippen molar-refractivity contribution in [1.82, 2.24) is 4.72 Å². The first-order valence-electron chi connectivity index (χ1n) is 5.58. The van der Waals surface area contributed by atoms with Gasteiger partial charge in [0.2, 0.25) is 10.0 Å². The van der Waals surface area contributed by atoms with Crippen molar-refractivity contribution in [2.45, 2.75) is 25.6 Å². The molecule has 0 aromatic heterocycles. The highest BCUT2D eigenvalue weighted by Crippen LogP contribution is 2.07. The third kappa shape index (κ3) is 5.29. The highest BCUT2D eigenvalue weighted by Gasteiger charge is 2.12. The molecule has 0 fully saturated rings. The van der Waals surface area contributed by atoms with Gasteiger partial charge in [-0.15, -0.1) is 0 Å². The van der Waals surface area contributed by atoms with E-state index in [9.17, 15) is 8.42 Å². The first-order valence-corrected chi connectivity index (χ1v) is 7.23. The van der Waals surface area contributed by atoms with E-state index in [0.717, 1.165) is 11.1 Å². The zero-order valence-electron chi connectivity index (χ0n) is 10.8. The Bertz CT molecular complexity index is 493. The molecule has 0 aliphatic heterocycles. The maximum Gasteiger partial charge on any atom is 0.216 e. The molecule has 0 saturated carbocycles. The number of rotatable bonds is 6. The van der Waals surface area contributed by atoms with Gasteiger partial charge in [-0.1, -0.05) is 29.4 Å². The van der Waals surface area contributed by atoms with Gasteiger partial charge in [-0.2, -0.15) is 0 Å². The first kappa shape index (κ1) is 14.7. The van der Waals surface area contributed by atoms with Crippen LogP contribution in [-0.4, -0.2) is 27.8 Å². The summed E-state index contributed by atoms with van der Waals surface area (Å²) in [4.78, 5) is 4.56. The predicted molar refractivity (Wildman–Crippen MR) is 71.9 cm³/mol. The summed E-state index contributed by atoms with van der Waals surface area (Å²) in [5.74, 6) is -0.0210. The Labute approximate surface area is 108 Å². The SMILES string of the molecule is CON=Cc1ccc(CS(=O)(=O)NC(C)C)cc1. The van der Waals surface area contributed by atoms with E-state index in [-0.39, 0.29) is 11.8 Å². The topological polar surface area (TPSA) is 67.8 Å². The fraction of sp³-hybridized carbons (Fsp3) is 0.417. The molecule has 0 unspecified atom stereocenters. The van der Waals surface area contributed by atoms with Crippen LogP contribution < -0.4 is 4.72 Å². The Kier molecular flexibility index (Phi) is 5.30. The molecule has 1 N–H and O–H groups in total. The van der Waals surface area contributed by atoms with Gasteiger partial charge in [0.1, 0.15) is 7.11 Å². The van der Waals surface area contributed by atoms with E-state index >= 15 is 0 Å². The summed E-state index contributed by atoms with van der Waals surface area (Å²) in [5.41, 5.74) is 1.59. The molecule has 0 spiro atoms. The molecule has 0 bridgehead atoms. The van der Waals surface area contributed by atoms with Gasteiger partial charge in [-0.3, -0.25) is 0 Å². The molecule has 1 rings (SSSR count). The van der Waals surface area contributed by atoms with E-state index in [2.05, 4.69) is 14.7 Å². The summed E-state index contributed by atoms with van der Waals surface area (Å²) < 4.78 is 26.0. The molecule has 0 aliphatic rings. The molecule has 6 heteroatoms. The minimum Gasteiger partial charge on any atom is -0.399 e. The van der Waals surface area contributed by atoms with Gasteiger partial charge < -0.3 is 4.84 Å². The normalized spacial score (nSPS) is 12.2. The van der Waals surface area contributed by atoms with Crippen LogP contribution in [0.1, 0.15) is 25.0 Å². The van der Waals surface area contributed by atoms with E-state index in [0.29, 0.717) is 0 Å². The number of sulfonamides is 1. The number of nitrogens with zero attached hydrogens (tertiary/aromatic N) is 1. The van der Waals surface area contributed by atoms with Crippen molar-refractivity contribution in [1.29, 1.82) is 0 Å². The van der Waals surface area contributed by atoms with Crippen molar-refractivity contribution in [2.75, 3.05) is 7.11 Å². The van der Waals surface area contributed by atoms with Crippen LogP contribution in [0, 0.1) is 0 Å². The Morgan fingerprint density at radius 1 is 1.33 bits per heavy atom.